The standard InChI is InChI=1S/C17H25N3O2S/c1-18-16(21)14-7-5-9-20(14)17(22)19-11-13-10-12-6-3-2-4-8-15(12)23-13/h10,14H,2-9,11H2,1H3,(H,18,21)(H,19,22)/t14-/m1/s1. The number of nitrogens with one attached hydrogen (secondary N) is 2. The first-order valence-corrected chi connectivity index (χ1v) is 9.37. The second kappa shape index (κ2) is 7.34. The van der Waals surface area contributed by atoms with E-state index >= 15 is 0 Å². The molecule has 2 heterocycles. The molecule has 1 fully saturated rings. The van der Waals surface area contributed by atoms with Crippen LogP contribution in [0.25, 0.3) is 0 Å². The molecule has 1 aromatic rings. The lowest BCUT2D eigenvalue weighted by atomic mass is 10.1. The molecule has 0 aromatic carbocycles. The molecular formula is C17H25N3O2S. The molecule has 3 amide bonds. The number of carbonyl (C=O) groups is 2. The Bertz CT molecular complexity index is 561. The number of likely N-dealkylation sites (tertiary alicyclic amines) is 1. The molecular weight excluding hydrogens is 310 g/mol. The number of hydrogen-bond donors (Lipinski definition) is 2. The molecule has 0 unspecified atom stereocenters. The summed E-state index contributed by atoms with van der Waals surface area (Å²) < 4.78 is 0. The first-order chi connectivity index (χ1) is 11.2. The molecule has 1 aliphatic heterocycles. The van der Waals surface area contributed by atoms with Crippen LogP contribution >= 0.6 is 11.3 Å². The Hall–Kier alpha value is -1.56. The first-order valence-electron chi connectivity index (χ1n) is 8.55. The van der Waals surface area contributed by atoms with Gasteiger partial charge in [0.25, 0.3) is 0 Å². The lowest BCUT2D eigenvalue weighted by molar-refractivity contribution is -0.124. The van der Waals surface area contributed by atoms with Gasteiger partial charge in [0.2, 0.25) is 5.91 Å². The molecule has 2 aliphatic rings. The molecule has 3 rings (SSSR count). The zero-order valence-corrected chi connectivity index (χ0v) is 14.5. The van der Waals surface area contributed by atoms with Crippen LogP contribution in [0.4, 0.5) is 4.79 Å². The summed E-state index contributed by atoms with van der Waals surface area (Å²) in [6.45, 7) is 1.22. The molecule has 1 aliphatic carbocycles. The van der Waals surface area contributed by atoms with Crippen molar-refractivity contribution in [3.63, 3.8) is 0 Å². The Balaban J connectivity index is 1.57. The van der Waals surface area contributed by atoms with Crippen LogP contribution in [0.2, 0.25) is 0 Å². The predicted molar refractivity (Wildman–Crippen MR) is 91.6 cm³/mol. The highest BCUT2D eigenvalue weighted by molar-refractivity contribution is 7.12. The summed E-state index contributed by atoms with van der Waals surface area (Å²) in [7, 11) is 1.62. The van der Waals surface area contributed by atoms with Crippen LogP contribution in [0.15, 0.2) is 6.07 Å². The fraction of sp³-hybridized carbons (Fsp3) is 0.647. The maximum atomic E-state index is 12.4. The number of aryl methyl sites for hydroxylation is 2. The molecule has 1 aromatic heterocycles. The Labute approximate surface area is 141 Å². The largest absolute Gasteiger partial charge is 0.357 e. The summed E-state index contributed by atoms with van der Waals surface area (Å²) in [4.78, 5) is 28.6. The van der Waals surface area contributed by atoms with E-state index in [2.05, 4.69) is 16.7 Å². The maximum Gasteiger partial charge on any atom is 0.318 e. The Morgan fingerprint density at radius 2 is 2.09 bits per heavy atom. The molecule has 126 valence electrons. The number of amides is 3. The third-order valence-electron chi connectivity index (χ3n) is 4.77. The van der Waals surface area contributed by atoms with Crippen molar-refractivity contribution in [2.75, 3.05) is 13.6 Å². The summed E-state index contributed by atoms with van der Waals surface area (Å²) in [5, 5.41) is 5.64. The van der Waals surface area contributed by atoms with Crippen LogP contribution in [0, 0.1) is 0 Å². The fourth-order valence-electron chi connectivity index (χ4n) is 3.53. The second-order valence-electron chi connectivity index (χ2n) is 6.35. The minimum absolute atomic E-state index is 0.0690. The van der Waals surface area contributed by atoms with E-state index in [0.29, 0.717) is 13.1 Å². The Morgan fingerprint density at radius 1 is 1.26 bits per heavy atom. The highest BCUT2D eigenvalue weighted by Gasteiger charge is 2.33. The van der Waals surface area contributed by atoms with Gasteiger partial charge in [-0.05, 0) is 50.2 Å². The van der Waals surface area contributed by atoms with E-state index < -0.39 is 0 Å². The number of rotatable bonds is 3. The normalized spacial score (nSPS) is 20.7. The molecule has 1 saturated heterocycles. The zero-order chi connectivity index (χ0) is 16.2. The van der Waals surface area contributed by atoms with E-state index in [4.69, 9.17) is 0 Å². The quantitative estimate of drug-likeness (QED) is 0.834. The topological polar surface area (TPSA) is 61.4 Å². The van der Waals surface area contributed by atoms with E-state index in [1.54, 1.807) is 11.9 Å². The van der Waals surface area contributed by atoms with Gasteiger partial charge in [-0.2, -0.15) is 0 Å². The fourth-order valence-corrected chi connectivity index (χ4v) is 4.73. The minimum Gasteiger partial charge on any atom is -0.357 e. The van der Waals surface area contributed by atoms with Gasteiger partial charge in [0.15, 0.2) is 0 Å². The van der Waals surface area contributed by atoms with Gasteiger partial charge in [-0.3, -0.25) is 4.79 Å². The summed E-state index contributed by atoms with van der Waals surface area (Å²) in [6.07, 6.45) is 7.87. The number of carbonyl (C=O) groups excluding carboxylic acids is 2. The van der Waals surface area contributed by atoms with Crippen LogP contribution in [-0.2, 0) is 24.2 Å². The van der Waals surface area contributed by atoms with Crippen molar-refractivity contribution in [2.45, 2.75) is 57.5 Å². The van der Waals surface area contributed by atoms with Gasteiger partial charge in [0.05, 0.1) is 6.54 Å². The molecule has 2 N–H and O–H groups in total. The van der Waals surface area contributed by atoms with Gasteiger partial charge >= 0.3 is 6.03 Å². The van der Waals surface area contributed by atoms with E-state index in [0.717, 1.165) is 12.8 Å². The van der Waals surface area contributed by atoms with Gasteiger partial charge in [-0.15, -0.1) is 11.3 Å². The number of hydrogen-bond acceptors (Lipinski definition) is 3. The zero-order valence-electron chi connectivity index (χ0n) is 13.7. The van der Waals surface area contributed by atoms with Crippen LogP contribution in [0.1, 0.15) is 47.4 Å². The van der Waals surface area contributed by atoms with Crippen molar-refractivity contribution < 1.29 is 9.59 Å². The van der Waals surface area contributed by atoms with Crippen molar-refractivity contribution in [1.29, 1.82) is 0 Å². The van der Waals surface area contributed by atoms with Gasteiger partial charge in [0.1, 0.15) is 6.04 Å². The molecule has 0 saturated carbocycles. The van der Waals surface area contributed by atoms with Crippen molar-refractivity contribution >= 4 is 23.3 Å². The lowest BCUT2D eigenvalue weighted by Gasteiger charge is -2.23. The molecule has 23 heavy (non-hydrogen) atoms. The SMILES string of the molecule is CNC(=O)[C@H]1CCCN1C(=O)NCc1cc2c(s1)CCCCC2. The number of likely N-dealkylation sites (N-methyl/N-ethyl adjacent to an activating group) is 1. The molecule has 0 spiro atoms. The van der Waals surface area contributed by atoms with E-state index in [1.807, 2.05) is 11.3 Å². The second-order valence-corrected chi connectivity index (χ2v) is 7.57. The third-order valence-corrected chi connectivity index (χ3v) is 6.01. The van der Waals surface area contributed by atoms with E-state index in [-0.39, 0.29) is 18.0 Å². The number of fused-ring (bicyclic) bond motifs is 1. The van der Waals surface area contributed by atoms with Crippen molar-refractivity contribution in [3.05, 3.63) is 21.4 Å². The smallest absolute Gasteiger partial charge is 0.318 e. The average molecular weight is 335 g/mol. The van der Waals surface area contributed by atoms with Gasteiger partial charge in [-0.1, -0.05) is 6.42 Å². The molecule has 6 heteroatoms. The van der Waals surface area contributed by atoms with Gasteiger partial charge in [-0.25, -0.2) is 4.79 Å². The van der Waals surface area contributed by atoms with Crippen LogP contribution in [-0.4, -0.2) is 36.5 Å². The third kappa shape index (κ3) is 3.68. The lowest BCUT2D eigenvalue weighted by Crippen LogP contribution is -2.48. The number of thiophene rings is 1. The summed E-state index contributed by atoms with van der Waals surface area (Å²) >= 11 is 1.83. The average Bonchev–Trinajstić information content (AvgIpc) is 3.14. The van der Waals surface area contributed by atoms with Gasteiger partial charge < -0.3 is 15.5 Å². The Kier molecular flexibility index (Phi) is 5.20. The van der Waals surface area contributed by atoms with Crippen molar-refractivity contribution in [2.24, 2.45) is 0 Å². The van der Waals surface area contributed by atoms with Gasteiger partial charge in [0, 0.05) is 23.3 Å². The minimum atomic E-state index is -0.319. The predicted octanol–water partition coefficient (Wildman–Crippen LogP) is 2.44. The van der Waals surface area contributed by atoms with Crippen molar-refractivity contribution in [1.82, 2.24) is 15.5 Å². The number of nitrogens with zero attached hydrogens (tertiary/aromatic N) is 1. The van der Waals surface area contributed by atoms with E-state index in [1.165, 1.54) is 47.4 Å². The summed E-state index contributed by atoms with van der Waals surface area (Å²) in [5.74, 6) is -0.0690. The molecule has 0 radical (unpaired) electrons. The highest BCUT2D eigenvalue weighted by atomic mass is 32.1. The first kappa shape index (κ1) is 16.3. The van der Waals surface area contributed by atoms with E-state index in [9.17, 15) is 9.59 Å². The molecule has 5 nitrogen and oxygen atoms in total. The molecule has 0 bridgehead atoms. The summed E-state index contributed by atoms with van der Waals surface area (Å²) in [5.41, 5.74) is 1.47. The van der Waals surface area contributed by atoms with Crippen molar-refractivity contribution in [3.8, 4) is 0 Å². The Morgan fingerprint density at radius 3 is 2.91 bits per heavy atom. The van der Waals surface area contributed by atoms with Crippen LogP contribution < -0.4 is 10.6 Å². The maximum absolute atomic E-state index is 12.4. The summed E-state index contributed by atoms with van der Waals surface area (Å²) in [6, 6.07) is 1.81. The number of urea groups is 1. The highest BCUT2D eigenvalue weighted by Crippen LogP contribution is 2.29. The molecule has 1 atom stereocenters. The van der Waals surface area contributed by atoms with Crippen LogP contribution in [0.3, 0.4) is 0 Å². The van der Waals surface area contributed by atoms with Crippen LogP contribution in [0.5, 0.6) is 0 Å². The monoisotopic (exact) mass is 335 g/mol.